The second-order valence-electron chi connectivity index (χ2n) is 6.69. The Bertz CT molecular complexity index is 1270. The number of hydrogen-bond donors (Lipinski definition) is 1. The molecule has 4 nitrogen and oxygen atoms in total. The Morgan fingerprint density at radius 3 is 2.62 bits per heavy atom. The summed E-state index contributed by atoms with van der Waals surface area (Å²) in [5.74, 6) is -0.783. The van der Waals surface area contributed by atoms with E-state index in [1.165, 1.54) is 12.3 Å². The lowest BCUT2D eigenvalue weighted by Crippen LogP contribution is -2.20. The highest BCUT2D eigenvalue weighted by molar-refractivity contribution is 6.31. The first-order valence-corrected chi connectivity index (χ1v) is 9.44. The molecule has 0 saturated heterocycles. The summed E-state index contributed by atoms with van der Waals surface area (Å²) in [6.45, 7) is 0. The van der Waals surface area contributed by atoms with Crippen molar-refractivity contribution >= 4 is 28.3 Å². The SMILES string of the molecule is O=C(CCc1cncc(F)c1)c1c(-c2ccccc2)c2cc(Cl)ccc2[nH]c1=O. The van der Waals surface area contributed by atoms with Gasteiger partial charge in [0.1, 0.15) is 5.82 Å². The normalized spacial score (nSPS) is 11.0. The summed E-state index contributed by atoms with van der Waals surface area (Å²) in [5.41, 5.74) is 2.12. The molecular weight excluding hydrogens is 391 g/mol. The lowest BCUT2D eigenvalue weighted by atomic mass is 9.92. The van der Waals surface area contributed by atoms with E-state index in [2.05, 4.69) is 9.97 Å². The van der Waals surface area contributed by atoms with Crippen LogP contribution in [0.3, 0.4) is 0 Å². The van der Waals surface area contributed by atoms with Crippen LogP contribution in [0.1, 0.15) is 22.3 Å². The molecule has 144 valence electrons. The van der Waals surface area contributed by atoms with E-state index in [1.54, 1.807) is 18.2 Å². The minimum Gasteiger partial charge on any atom is -0.321 e. The standard InChI is InChI=1S/C23H16ClFN2O2/c24-16-7-8-19-18(11-16)21(15-4-2-1-3-5-15)22(23(29)27-19)20(28)9-6-14-10-17(25)13-26-12-14/h1-5,7-8,10-13H,6,9H2,(H,27,29). The van der Waals surface area contributed by atoms with Gasteiger partial charge in [0, 0.05) is 34.1 Å². The zero-order chi connectivity index (χ0) is 20.4. The van der Waals surface area contributed by atoms with Gasteiger partial charge >= 0.3 is 0 Å². The molecule has 0 atom stereocenters. The molecule has 0 bridgehead atoms. The molecule has 0 fully saturated rings. The molecule has 4 aromatic rings. The van der Waals surface area contributed by atoms with Gasteiger partial charge in [-0.1, -0.05) is 41.9 Å². The minimum absolute atomic E-state index is 0.0557. The molecule has 1 N–H and O–H groups in total. The summed E-state index contributed by atoms with van der Waals surface area (Å²) in [4.78, 5) is 32.5. The number of ketones is 1. The number of fused-ring (bicyclic) bond motifs is 1. The van der Waals surface area contributed by atoms with Crippen molar-refractivity contribution in [1.29, 1.82) is 0 Å². The summed E-state index contributed by atoms with van der Waals surface area (Å²) in [7, 11) is 0. The van der Waals surface area contributed by atoms with E-state index in [0.29, 0.717) is 27.1 Å². The van der Waals surface area contributed by atoms with Gasteiger partial charge in [-0.05, 0) is 41.8 Å². The van der Waals surface area contributed by atoms with Gasteiger partial charge in [0.05, 0.1) is 11.8 Å². The molecule has 2 aromatic carbocycles. The van der Waals surface area contributed by atoms with Gasteiger partial charge in [-0.25, -0.2) is 4.39 Å². The Hall–Kier alpha value is -3.31. The predicted octanol–water partition coefficient (Wildman–Crippen LogP) is 5.20. The highest BCUT2D eigenvalue weighted by Crippen LogP contribution is 2.32. The highest BCUT2D eigenvalue weighted by Gasteiger charge is 2.20. The number of H-pyrrole nitrogens is 1. The maximum absolute atomic E-state index is 13.4. The molecular formula is C23H16ClFN2O2. The molecule has 0 aliphatic heterocycles. The molecule has 2 heterocycles. The lowest BCUT2D eigenvalue weighted by molar-refractivity contribution is 0.0982. The van der Waals surface area contributed by atoms with Crippen LogP contribution in [0.4, 0.5) is 4.39 Å². The average Bonchev–Trinajstić information content (AvgIpc) is 2.72. The van der Waals surface area contributed by atoms with Crippen molar-refractivity contribution in [2.45, 2.75) is 12.8 Å². The number of aryl methyl sites for hydroxylation is 1. The van der Waals surface area contributed by atoms with Crippen LogP contribution in [0.5, 0.6) is 0 Å². The van der Waals surface area contributed by atoms with Crippen molar-refractivity contribution in [3.05, 3.63) is 99.3 Å². The first-order chi connectivity index (χ1) is 14.0. The Balaban J connectivity index is 1.83. The first kappa shape index (κ1) is 19.0. The van der Waals surface area contributed by atoms with Crippen molar-refractivity contribution in [3.8, 4) is 11.1 Å². The van der Waals surface area contributed by atoms with Gasteiger partial charge in [-0.3, -0.25) is 14.6 Å². The smallest absolute Gasteiger partial charge is 0.259 e. The molecule has 4 rings (SSSR count). The van der Waals surface area contributed by atoms with Crippen LogP contribution in [0.15, 0.2) is 71.8 Å². The maximum Gasteiger partial charge on any atom is 0.259 e. The van der Waals surface area contributed by atoms with Gasteiger partial charge in [-0.15, -0.1) is 0 Å². The Morgan fingerprint density at radius 2 is 1.86 bits per heavy atom. The largest absolute Gasteiger partial charge is 0.321 e. The van der Waals surface area contributed by atoms with E-state index in [9.17, 15) is 14.0 Å². The number of rotatable bonds is 5. The molecule has 0 spiro atoms. The number of carbonyl (C=O) groups excluding carboxylic acids is 1. The quantitative estimate of drug-likeness (QED) is 0.463. The fourth-order valence-corrected chi connectivity index (χ4v) is 3.58. The van der Waals surface area contributed by atoms with Gasteiger partial charge in [0.15, 0.2) is 5.78 Å². The molecule has 0 aliphatic rings. The van der Waals surface area contributed by atoms with Crippen molar-refractivity contribution in [2.24, 2.45) is 0 Å². The van der Waals surface area contributed by atoms with Crippen molar-refractivity contribution < 1.29 is 9.18 Å². The molecule has 0 saturated carbocycles. The predicted molar refractivity (Wildman–Crippen MR) is 112 cm³/mol. The van der Waals surface area contributed by atoms with Gasteiger partial charge in [0.2, 0.25) is 0 Å². The average molecular weight is 407 g/mol. The molecule has 2 aromatic heterocycles. The second-order valence-corrected chi connectivity index (χ2v) is 7.13. The topological polar surface area (TPSA) is 62.8 Å². The molecule has 0 amide bonds. The van der Waals surface area contributed by atoms with E-state index in [-0.39, 0.29) is 24.2 Å². The minimum atomic E-state index is -0.460. The first-order valence-electron chi connectivity index (χ1n) is 9.06. The molecule has 0 radical (unpaired) electrons. The molecule has 6 heteroatoms. The van der Waals surface area contributed by atoms with Crippen molar-refractivity contribution in [1.82, 2.24) is 9.97 Å². The van der Waals surface area contributed by atoms with Gasteiger partial charge in [-0.2, -0.15) is 0 Å². The number of nitrogens with one attached hydrogen (secondary N) is 1. The van der Waals surface area contributed by atoms with E-state index in [0.717, 1.165) is 11.8 Å². The van der Waals surface area contributed by atoms with Crippen LogP contribution < -0.4 is 5.56 Å². The summed E-state index contributed by atoms with van der Waals surface area (Å²) in [6.07, 6.45) is 2.96. The highest BCUT2D eigenvalue weighted by atomic mass is 35.5. The van der Waals surface area contributed by atoms with Crippen LogP contribution in [0.2, 0.25) is 5.02 Å². The number of aromatic nitrogens is 2. The third-order valence-corrected chi connectivity index (χ3v) is 4.95. The van der Waals surface area contributed by atoms with Crippen LogP contribution in [0, 0.1) is 5.82 Å². The number of hydrogen-bond acceptors (Lipinski definition) is 3. The van der Waals surface area contributed by atoms with Crippen LogP contribution in [0.25, 0.3) is 22.0 Å². The number of halogens is 2. The Kier molecular flexibility index (Phi) is 5.23. The fourth-order valence-electron chi connectivity index (χ4n) is 3.41. The number of benzene rings is 2. The summed E-state index contributed by atoms with van der Waals surface area (Å²) in [5, 5.41) is 1.20. The Morgan fingerprint density at radius 1 is 1.07 bits per heavy atom. The number of pyridine rings is 2. The summed E-state index contributed by atoms with van der Waals surface area (Å²) < 4.78 is 13.4. The zero-order valence-electron chi connectivity index (χ0n) is 15.3. The van der Waals surface area contributed by atoms with Gasteiger partial charge < -0.3 is 4.98 Å². The van der Waals surface area contributed by atoms with Crippen LogP contribution >= 0.6 is 11.6 Å². The fraction of sp³-hybridized carbons (Fsp3) is 0.0870. The van der Waals surface area contributed by atoms with Crippen molar-refractivity contribution in [2.75, 3.05) is 0 Å². The van der Waals surface area contributed by atoms with E-state index in [1.807, 2.05) is 30.3 Å². The lowest BCUT2D eigenvalue weighted by Gasteiger charge is -2.13. The Labute approximate surface area is 171 Å². The van der Waals surface area contributed by atoms with Crippen molar-refractivity contribution in [3.63, 3.8) is 0 Å². The third kappa shape index (κ3) is 3.96. The van der Waals surface area contributed by atoms with Gasteiger partial charge in [0.25, 0.3) is 5.56 Å². The second kappa shape index (κ2) is 7.97. The molecule has 29 heavy (non-hydrogen) atoms. The summed E-state index contributed by atoms with van der Waals surface area (Å²) >= 11 is 6.19. The monoisotopic (exact) mass is 406 g/mol. The van der Waals surface area contributed by atoms with E-state index in [4.69, 9.17) is 11.6 Å². The molecule has 0 unspecified atom stereocenters. The third-order valence-electron chi connectivity index (χ3n) is 4.72. The number of Topliss-reactive ketones (excluding diaryl/α,β-unsaturated/α-hetero) is 1. The van der Waals surface area contributed by atoms with Crippen LogP contribution in [-0.2, 0) is 6.42 Å². The number of nitrogens with zero attached hydrogens (tertiary/aromatic N) is 1. The van der Waals surface area contributed by atoms with E-state index < -0.39 is 11.4 Å². The summed E-state index contributed by atoms with van der Waals surface area (Å²) in [6, 6.07) is 15.7. The number of aromatic amines is 1. The zero-order valence-corrected chi connectivity index (χ0v) is 16.0. The van der Waals surface area contributed by atoms with E-state index >= 15 is 0 Å². The van der Waals surface area contributed by atoms with Crippen LogP contribution in [-0.4, -0.2) is 15.8 Å². The molecule has 0 aliphatic carbocycles. The number of carbonyl (C=O) groups is 1. The maximum atomic E-state index is 13.4.